The zero-order chi connectivity index (χ0) is 65.7. The first-order valence-electron chi connectivity index (χ1n) is 33.4. The molecule has 10 heterocycles. The summed E-state index contributed by atoms with van der Waals surface area (Å²) in [5, 5.41) is 4.52. The highest BCUT2D eigenvalue weighted by Gasteiger charge is 2.24. The van der Waals surface area contributed by atoms with Crippen LogP contribution in [0.1, 0.15) is 89.5 Å². The Morgan fingerprint density at radius 1 is 0.208 bits per heavy atom. The van der Waals surface area contributed by atoms with E-state index in [9.17, 15) is 0 Å². The molecule has 0 spiro atoms. The standard InChI is InChI=1S/C88H74N8/c1-45-35-49(5)79(50(6)36-45)85-71-23-19-63(89-71)64-20-24-72(90-64)86(80-51(7)37-46(2)38-52(80)8)76-32-28-68(94-76)83(67-27-31-75(85)93-67)59-17-13-15-57-43-58-16-14-18-60(62(58)44-61(57)59)84-69-29-33-77(95-69)87(81-53(9)39-47(3)40-54(81)10)73-25-21-65(91-73)66-22-26-74(92-66)88(78-34-30-70(84)96-78)82-55(11)41-48(4)42-56(82)12/h13-44,89,91,93-96H,1-12H3. The molecular weight excluding hydrogens is 1170 g/mol. The highest BCUT2D eigenvalue weighted by atomic mass is 14.8. The number of aromatic nitrogens is 8. The molecule has 96 heavy (non-hydrogen) atoms. The maximum absolute atomic E-state index is 5.50. The normalized spacial score (nSPS) is 12.3. The zero-order valence-electron chi connectivity index (χ0n) is 56.4. The van der Waals surface area contributed by atoms with E-state index in [0.717, 1.165) is 155 Å². The van der Waals surface area contributed by atoms with Gasteiger partial charge in [-0.2, -0.15) is 0 Å². The minimum Gasteiger partial charge on any atom is -0.354 e. The highest BCUT2D eigenvalue weighted by molar-refractivity contribution is 6.15. The maximum atomic E-state index is 5.50. The average molecular weight is 1240 g/mol. The van der Waals surface area contributed by atoms with Gasteiger partial charge in [-0.1, -0.05) is 107 Å². The lowest BCUT2D eigenvalue weighted by molar-refractivity contribution is 1.29. The molecule has 0 radical (unpaired) electrons. The number of hydrogen-bond donors (Lipinski definition) is 6. The third-order valence-electron chi connectivity index (χ3n) is 20.3. The molecule has 8 nitrogen and oxygen atoms in total. The molecule has 7 aromatic carbocycles. The van der Waals surface area contributed by atoms with Gasteiger partial charge in [-0.05, 0) is 292 Å². The second kappa shape index (κ2) is 22.1. The minimum atomic E-state index is 0.893. The van der Waals surface area contributed by atoms with Gasteiger partial charge in [0.25, 0.3) is 0 Å². The average Bonchev–Trinajstić information content (AvgIpc) is 1.35. The largest absolute Gasteiger partial charge is 0.354 e. The Bertz CT molecular complexity index is 5760. The Hall–Kier alpha value is -11.5. The van der Waals surface area contributed by atoms with Gasteiger partial charge in [0.1, 0.15) is 0 Å². The smallest absolute Gasteiger partial charge is 0.0872 e. The lowest BCUT2D eigenvalue weighted by Gasteiger charge is -2.14. The van der Waals surface area contributed by atoms with Gasteiger partial charge in [-0.25, -0.2) is 9.97 Å². The summed E-state index contributed by atoms with van der Waals surface area (Å²) in [7, 11) is 0. The summed E-state index contributed by atoms with van der Waals surface area (Å²) in [6.45, 7) is 26.6. The lowest BCUT2D eigenvalue weighted by Crippen LogP contribution is -1.93. The van der Waals surface area contributed by atoms with Gasteiger partial charge in [0.2, 0.25) is 0 Å². The van der Waals surface area contributed by atoms with E-state index in [4.69, 9.17) is 9.97 Å². The van der Waals surface area contributed by atoms with E-state index in [1.54, 1.807) is 0 Å². The monoisotopic (exact) mass is 1240 g/mol. The van der Waals surface area contributed by atoms with Crippen molar-refractivity contribution in [3.8, 4) is 66.8 Å². The van der Waals surface area contributed by atoms with Crippen LogP contribution in [-0.4, -0.2) is 39.9 Å². The summed E-state index contributed by atoms with van der Waals surface area (Å²) < 4.78 is 0. The van der Waals surface area contributed by atoms with E-state index in [0.29, 0.717) is 0 Å². The summed E-state index contributed by atoms with van der Waals surface area (Å²) in [6, 6.07) is 63.8. The summed E-state index contributed by atoms with van der Waals surface area (Å²) in [6.07, 6.45) is 8.69. The van der Waals surface area contributed by atoms with Gasteiger partial charge in [-0.3, -0.25) is 0 Å². The molecule has 16 bridgehead atoms. The molecule has 2 aliphatic heterocycles. The van der Waals surface area contributed by atoms with Crippen molar-refractivity contribution in [1.29, 1.82) is 0 Å². The van der Waals surface area contributed by atoms with Gasteiger partial charge >= 0.3 is 0 Å². The van der Waals surface area contributed by atoms with E-state index in [1.807, 2.05) is 0 Å². The van der Waals surface area contributed by atoms with E-state index >= 15 is 0 Å². The number of aryl methyl sites for hydroxylation is 12. The fourth-order valence-electron chi connectivity index (χ4n) is 16.7. The fraction of sp³-hybridized carbons (Fsp3) is 0.136. The second-order valence-corrected chi connectivity index (χ2v) is 27.4. The molecule has 0 unspecified atom stereocenters. The second-order valence-electron chi connectivity index (χ2n) is 27.4. The van der Waals surface area contributed by atoms with Crippen molar-refractivity contribution in [1.82, 2.24) is 39.9 Å². The predicted molar refractivity (Wildman–Crippen MR) is 408 cm³/mol. The molecule has 0 aliphatic carbocycles. The van der Waals surface area contributed by atoms with Gasteiger partial charge in [-0.15, -0.1) is 0 Å². The number of hydrogen-bond acceptors (Lipinski definition) is 2. The molecule has 17 rings (SSSR count). The Kier molecular flexibility index (Phi) is 13.4. The van der Waals surface area contributed by atoms with Crippen molar-refractivity contribution in [2.45, 2.75) is 83.1 Å². The zero-order valence-corrected chi connectivity index (χ0v) is 56.4. The van der Waals surface area contributed by atoms with Gasteiger partial charge in [0.15, 0.2) is 0 Å². The number of nitrogens with zero attached hydrogens (tertiary/aromatic N) is 2. The van der Waals surface area contributed by atoms with Crippen molar-refractivity contribution in [3.05, 3.63) is 259 Å². The summed E-state index contributed by atoms with van der Waals surface area (Å²) in [5.74, 6) is 0. The lowest BCUT2D eigenvalue weighted by atomic mass is 9.92. The van der Waals surface area contributed by atoms with Crippen molar-refractivity contribution in [2.24, 2.45) is 0 Å². The molecular formula is C88H74N8. The number of rotatable bonds is 6. The Balaban J connectivity index is 0.992. The van der Waals surface area contributed by atoms with Crippen molar-refractivity contribution < 1.29 is 0 Å². The summed E-state index contributed by atoms with van der Waals surface area (Å²) in [5.41, 5.74) is 43.5. The third kappa shape index (κ3) is 9.48. The Morgan fingerprint density at radius 3 is 0.750 bits per heavy atom. The van der Waals surface area contributed by atoms with Crippen LogP contribution in [-0.2, 0) is 0 Å². The van der Waals surface area contributed by atoms with Crippen molar-refractivity contribution in [3.63, 3.8) is 0 Å². The molecule has 0 saturated heterocycles. The van der Waals surface area contributed by atoms with Crippen LogP contribution in [0, 0.1) is 83.1 Å². The SMILES string of the molecule is Cc1cc(C)c(-c2c3nc(c4ccc([nH]4)c(-c4c(C)cc(C)cc4C)c4ccc([nH]4)c(-c4cccc5cc6cccc(-c7c8ccc([nH]8)c(-c8c(C)cc(C)cc8C)c8nc(c9ccc([nH]9)c(-c9c(C)cc(C)cc9C)c9ccc7[nH]9)C=C8)c6cc45)c4ccc2[nH]4)C=C3)c(C)c1. The predicted octanol–water partition coefficient (Wildman–Crippen LogP) is 23.7. The molecule has 8 aromatic heterocycles. The van der Waals surface area contributed by atoms with Gasteiger partial charge in [0, 0.05) is 88.5 Å². The van der Waals surface area contributed by atoms with Crippen LogP contribution < -0.4 is 0 Å². The molecule has 0 fully saturated rings. The van der Waals surface area contributed by atoms with Crippen LogP contribution in [0.4, 0.5) is 0 Å². The molecule has 8 heteroatoms. The van der Waals surface area contributed by atoms with Crippen LogP contribution >= 0.6 is 0 Å². The van der Waals surface area contributed by atoms with Crippen LogP contribution in [0.2, 0.25) is 0 Å². The van der Waals surface area contributed by atoms with Crippen LogP contribution in [0.25, 0.3) is 179 Å². The molecule has 0 saturated carbocycles. The molecule has 2 aliphatic rings. The first-order valence-corrected chi connectivity index (χ1v) is 33.4. The third-order valence-corrected chi connectivity index (χ3v) is 20.3. The highest BCUT2D eigenvalue weighted by Crippen LogP contribution is 2.46. The topological polar surface area (TPSA) is 121 Å². The number of nitrogens with one attached hydrogen (secondary N) is 6. The molecule has 0 amide bonds. The van der Waals surface area contributed by atoms with Crippen molar-refractivity contribution in [2.75, 3.05) is 0 Å². The number of benzene rings is 7. The Labute approximate surface area is 557 Å². The van der Waals surface area contributed by atoms with Crippen LogP contribution in [0.3, 0.4) is 0 Å². The van der Waals surface area contributed by atoms with Crippen LogP contribution in [0.15, 0.2) is 170 Å². The van der Waals surface area contributed by atoms with Crippen LogP contribution in [0.5, 0.6) is 0 Å². The summed E-state index contributed by atoms with van der Waals surface area (Å²) >= 11 is 0. The summed E-state index contributed by atoms with van der Waals surface area (Å²) in [4.78, 5) is 35.2. The first-order chi connectivity index (χ1) is 46.5. The van der Waals surface area contributed by atoms with E-state index < -0.39 is 0 Å². The molecule has 466 valence electrons. The number of aromatic amines is 6. The molecule has 6 N–H and O–H groups in total. The fourth-order valence-corrected chi connectivity index (χ4v) is 16.7. The van der Waals surface area contributed by atoms with Gasteiger partial charge in [0.05, 0.1) is 33.8 Å². The maximum Gasteiger partial charge on any atom is 0.0872 e. The number of H-pyrrole nitrogens is 6. The Morgan fingerprint density at radius 2 is 0.448 bits per heavy atom. The van der Waals surface area contributed by atoms with E-state index in [2.05, 4.69) is 307 Å². The van der Waals surface area contributed by atoms with E-state index in [1.165, 1.54) is 89.0 Å². The minimum absolute atomic E-state index is 0.893. The molecule has 0 atom stereocenters. The van der Waals surface area contributed by atoms with Crippen molar-refractivity contribution >= 4 is 112 Å². The van der Waals surface area contributed by atoms with Gasteiger partial charge < -0.3 is 29.9 Å². The number of fused-ring (bicyclic) bond motifs is 20. The first kappa shape index (κ1) is 58.3. The van der Waals surface area contributed by atoms with E-state index in [-0.39, 0.29) is 0 Å². The quantitative estimate of drug-likeness (QED) is 0.0930. The molecule has 15 aromatic rings.